The number of rotatable bonds is 3. The lowest BCUT2D eigenvalue weighted by molar-refractivity contribution is 0.686. The number of nitrogens with zero attached hydrogens (tertiary/aromatic N) is 2. The number of nitrogen functional groups attached to an aromatic ring is 1. The van der Waals surface area contributed by atoms with E-state index in [-0.39, 0.29) is 0 Å². The third-order valence-corrected chi connectivity index (χ3v) is 4.88. The van der Waals surface area contributed by atoms with Crippen LogP contribution in [0.5, 0.6) is 0 Å². The maximum Gasteiger partial charge on any atom is 0.0994 e. The van der Waals surface area contributed by atoms with Crippen LogP contribution in [0, 0.1) is 32.1 Å². The van der Waals surface area contributed by atoms with E-state index in [0.717, 1.165) is 46.3 Å². The van der Waals surface area contributed by atoms with Crippen LogP contribution < -0.4 is 5.73 Å². The maximum absolute atomic E-state index is 9.44. The predicted molar refractivity (Wildman–Crippen MR) is 101 cm³/mol. The molecule has 0 bridgehead atoms. The highest BCUT2D eigenvalue weighted by atomic mass is 15.0. The van der Waals surface area contributed by atoms with Crippen molar-refractivity contribution in [3.05, 3.63) is 52.7 Å². The van der Waals surface area contributed by atoms with Crippen molar-refractivity contribution >= 4 is 16.6 Å². The van der Waals surface area contributed by atoms with Gasteiger partial charge in [0.1, 0.15) is 0 Å². The number of nitrogens with two attached hydrogens (primary N) is 1. The minimum absolute atomic E-state index is 0.735. The van der Waals surface area contributed by atoms with E-state index in [1.54, 1.807) is 0 Å². The highest BCUT2D eigenvalue weighted by molar-refractivity contribution is 6.00. The van der Waals surface area contributed by atoms with Gasteiger partial charge in [0.2, 0.25) is 0 Å². The molecule has 0 fully saturated rings. The molecule has 24 heavy (non-hydrogen) atoms. The number of anilines is 1. The fraction of sp³-hybridized carbons (Fsp3) is 0.286. The van der Waals surface area contributed by atoms with Crippen molar-refractivity contribution in [2.24, 2.45) is 0 Å². The van der Waals surface area contributed by atoms with Gasteiger partial charge in [0.25, 0.3) is 0 Å². The van der Waals surface area contributed by atoms with Crippen LogP contribution in [0.4, 0.5) is 5.69 Å². The van der Waals surface area contributed by atoms with E-state index in [0.29, 0.717) is 0 Å². The van der Waals surface area contributed by atoms with E-state index in [4.69, 9.17) is 5.73 Å². The second-order valence-corrected chi connectivity index (χ2v) is 6.43. The van der Waals surface area contributed by atoms with Crippen molar-refractivity contribution in [2.75, 3.05) is 5.73 Å². The zero-order valence-corrected chi connectivity index (χ0v) is 14.8. The number of aromatic nitrogens is 1. The molecule has 1 aromatic heterocycles. The van der Waals surface area contributed by atoms with Crippen LogP contribution in [0.15, 0.2) is 30.3 Å². The molecule has 1 heterocycles. The van der Waals surface area contributed by atoms with E-state index in [1.165, 1.54) is 16.8 Å². The van der Waals surface area contributed by atoms with Gasteiger partial charge < -0.3 is 10.3 Å². The van der Waals surface area contributed by atoms with Crippen molar-refractivity contribution in [1.82, 2.24) is 4.57 Å². The molecular weight excluding hydrogens is 294 g/mol. The molecule has 0 unspecified atom stereocenters. The Labute approximate surface area is 143 Å². The standard InChI is InChI=1S/C21H23N3/c1-5-9-24-15(4)21(17-7-6-8-19(23)14(17)3)18-11-16(12-22)13(2)10-20(18)24/h6-8,10-11H,5,9,23H2,1-4H3. The van der Waals surface area contributed by atoms with Crippen molar-refractivity contribution in [3.63, 3.8) is 0 Å². The van der Waals surface area contributed by atoms with E-state index < -0.39 is 0 Å². The summed E-state index contributed by atoms with van der Waals surface area (Å²) in [6, 6.07) is 12.5. The average Bonchev–Trinajstić information content (AvgIpc) is 2.82. The Balaban J connectivity index is 2.45. The summed E-state index contributed by atoms with van der Waals surface area (Å²) in [5.41, 5.74) is 14.6. The quantitative estimate of drug-likeness (QED) is 0.683. The highest BCUT2D eigenvalue weighted by Gasteiger charge is 2.18. The third-order valence-electron chi connectivity index (χ3n) is 4.88. The van der Waals surface area contributed by atoms with Crippen LogP contribution in [-0.4, -0.2) is 4.57 Å². The number of hydrogen-bond acceptors (Lipinski definition) is 2. The lowest BCUT2D eigenvalue weighted by Gasteiger charge is -2.10. The van der Waals surface area contributed by atoms with Gasteiger partial charge in [0.15, 0.2) is 0 Å². The molecular formula is C21H23N3. The molecule has 0 saturated carbocycles. The molecule has 0 spiro atoms. The molecule has 122 valence electrons. The largest absolute Gasteiger partial charge is 0.398 e. The Bertz CT molecular complexity index is 971. The van der Waals surface area contributed by atoms with Crippen LogP contribution >= 0.6 is 0 Å². The Hall–Kier alpha value is -2.73. The van der Waals surface area contributed by atoms with E-state index in [9.17, 15) is 5.26 Å². The van der Waals surface area contributed by atoms with Crippen molar-refractivity contribution in [3.8, 4) is 17.2 Å². The molecule has 0 aliphatic carbocycles. The highest BCUT2D eigenvalue weighted by Crippen LogP contribution is 2.38. The maximum atomic E-state index is 9.44. The molecule has 0 amide bonds. The average molecular weight is 317 g/mol. The summed E-state index contributed by atoms with van der Waals surface area (Å²) in [6.45, 7) is 9.38. The van der Waals surface area contributed by atoms with Gasteiger partial charge in [0.05, 0.1) is 11.6 Å². The lowest BCUT2D eigenvalue weighted by atomic mass is 9.95. The summed E-state index contributed by atoms with van der Waals surface area (Å²) >= 11 is 0. The Kier molecular flexibility index (Phi) is 4.07. The van der Waals surface area contributed by atoms with E-state index in [1.807, 2.05) is 25.1 Å². The molecule has 0 aliphatic rings. The van der Waals surface area contributed by atoms with Gasteiger partial charge in [-0.1, -0.05) is 19.1 Å². The fourth-order valence-corrected chi connectivity index (χ4v) is 3.52. The number of aryl methyl sites for hydroxylation is 2. The third kappa shape index (κ3) is 2.35. The summed E-state index contributed by atoms with van der Waals surface area (Å²) in [6.07, 6.45) is 1.07. The Morgan fingerprint density at radius 3 is 2.58 bits per heavy atom. The van der Waals surface area contributed by atoms with Gasteiger partial charge in [-0.25, -0.2) is 0 Å². The summed E-state index contributed by atoms with van der Waals surface area (Å²) in [4.78, 5) is 0. The van der Waals surface area contributed by atoms with Crippen molar-refractivity contribution < 1.29 is 0 Å². The zero-order chi connectivity index (χ0) is 17.4. The Morgan fingerprint density at radius 1 is 1.17 bits per heavy atom. The van der Waals surface area contributed by atoms with Crippen molar-refractivity contribution in [1.29, 1.82) is 5.26 Å². The van der Waals surface area contributed by atoms with E-state index >= 15 is 0 Å². The zero-order valence-electron chi connectivity index (χ0n) is 14.8. The van der Waals surface area contributed by atoms with Gasteiger partial charge in [-0.2, -0.15) is 5.26 Å². The first-order chi connectivity index (χ1) is 11.5. The van der Waals surface area contributed by atoms with Gasteiger partial charge >= 0.3 is 0 Å². The summed E-state index contributed by atoms with van der Waals surface area (Å²) in [5.74, 6) is 0. The predicted octanol–water partition coefficient (Wildman–Crippen LogP) is 5.10. The molecule has 0 radical (unpaired) electrons. The first-order valence-electron chi connectivity index (χ1n) is 8.38. The minimum Gasteiger partial charge on any atom is -0.398 e. The monoisotopic (exact) mass is 317 g/mol. The Morgan fingerprint density at radius 2 is 1.92 bits per heavy atom. The molecule has 3 nitrogen and oxygen atoms in total. The van der Waals surface area contributed by atoms with Crippen LogP contribution in [0.25, 0.3) is 22.0 Å². The van der Waals surface area contributed by atoms with Crippen molar-refractivity contribution in [2.45, 2.75) is 40.7 Å². The second kappa shape index (κ2) is 6.05. The molecule has 0 aliphatic heterocycles. The molecule has 3 aromatic rings. The van der Waals surface area contributed by atoms with Crippen LogP contribution in [0.2, 0.25) is 0 Å². The molecule has 2 N–H and O–H groups in total. The number of hydrogen-bond donors (Lipinski definition) is 1. The minimum atomic E-state index is 0.735. The van der Waals surface area contributed by atoms with Gasteiger partial charge in [-0.3, -0.25) is 0 Å². The van der Waals surface area contributed by atoms with Gasteiger partial charge in [0, 0.05) is 34.4 Å². The smallest absolute Gasteiger partial charge is 0.0994 e. The number of benzene rings is 2. The SMILES string of the molecule is CCCn1c(C)c(-c2cccc(N)c2C)c2cc(C#N)c(C)cc21. The van der Waals surface area contributed by atoms with Crippen LogP contribution in [0.1, 0.15) is 35.7 Å². The van der Waals surface area contributed by atoms with Gasteiger partial charge in [-0.05, 0) is 62.1 Å². The number of nitriles is 1. The first kappa shape index (κ1) is 16.1. The molecule has 3 rings (SSSR count). The lowest BCUT2D eigenvalue weighted by Crippen LogP contribution is -1.99. The van der Waals surface area contributed by atoms with Gasteiger partial charge in [-0.15, -0.1) is 0 Å². The molecule has 3 heteroatoms. The molecule has 0 saturated heterocycles. The topological polar surface area (TPSA) is 54.7 Å². The number of fused-ring (bicyclic) bond motifs is 1. The first-order valence-corrected chi connectivity index (χ1v) is 8.38. The second-order valence-electron chi connectivity index (χ2n) is 6.43. The van der Waals surface area contributed by atoms with Crippen LogP contribution in [-0.2, 0) is 6.54 Å². The normalized spacial score (nSPS) is 11.0. The van der Waals surface area contributed by atoms with Crippen LogP contribution in [0.3, 0.4) is 0 Å². The van der Waals surface area contributed by atoms with E-state index in [2.05, 4.69) is 43.5 Å². The summed E-state index contributed by atoms with van der Waals surface area (Å²) in [5, 5.41) is 10.6. The fourth-order valence-electron chi connectivity index (χ4n) is 3.52. The summed E-state index contributed by atoms with van der Waals surface area (Å²) in [7, 11) is 0. The molecule has 2 aromatic carbocycles. The summed E-state index contributed by atoms with van der Waals surface area (Å²) < 4.78 is 2.36. The molecule has 0 atom stereocenters.